The van der Waals surface area contributed by atoms with Gasteiger partial charge in [0.05, 0.1) is 28.7 Å². The third-order valence-electron chi connectivity index (χ3n) is 8.17. The van der Waals surface area contributed by atoms with Gasteiger partial charge < -0.3 is 20.2 Å². The fourth-order valence-corrected chi connectivity index (χ4v) is 6.15. The van der Waals surface area contributed by atoms with Crippen LogP contribution in [0.4, 0.5) is 20.2 Å². The molecule has 44 heavy (non-hydrogen) atoms. The van der Waals surface area contributed by atoms with E-state index in [0.29, 0.717) is 16.9 Å². The summed E-state index contributed by atoms with van der Waals surface area (Å²) < 4.78 is 32.4. The third kappa shape index (κ3) is 4.57. The Labute approximate surface area is 251 Å². The molecule has 226 valence electrons. The molecule has 4 aromatic rings. The summed E-state index contributed by atoms with van der Waals surface area (Å²) in [6.45, 7) is 9.87. The summed E-state index contributed by atoms with van der Waals surface area (Å²) in [5, 5.41) is 13.5. The molecular weight excluding hydrogens is 570 g/mol. The number of pyridine rings is 3. The average Bonchev–Trinajstić information content (AvgIpc) is 3.13. The quantitative estimate of drug-likeness (QED) is 0.333. The van der Waals surface area contributed by atoms with Crippen LogP contribution >= 0.6 is 0 Å². The van der Waals surface area contributed by atoms with Crippen molar-refractivity contribution in [3.05, 3.63) is 82.4 Å². The van der Waals surface area contributed by atoms with Crippen molar-refractivity contribution >= 4 is 34.2 Å². The van der Waals surface area contributed by atoms with Crippen LogP contribution in [0.2, 0.25) is 0 Å². The topological polar surface area (TPSA) is 121 Å². The fraction of sp³-hybridized carbons (Fsp3) is 0.281. The number of aromatic nitrogens is 3. The first kappa shape index (κ1) is 29.0. The standard InChI is InChI=1S/C32H30F2N6O4/c1-5-24(43)38-11-12-39-18(15-38)13-23(42)36-28-30(39)19-14-21(34)27(25-20(33)7-6-8-22(25)41)37-31(19)40(32(28)44)29-17(4)9-10-35-26(29)16(2)3/h5-10,14,16,18,41H,1,11-13,15H2,2-4H3,(H,36,42)/t18-/m0/s1. The molecule has 0 radical (unpaired) electrons. The number of rotatable bonds is 4. The van der Waals surface area contributed by atoms with Crippen molar-refractivity contribution in [3.63, 3.8) is 0 Å². The zero-order valence-electron chi connectivity index (χ0n) is 24.4. The average molecular weight is 601 g/mol. The second-order valence-corrected chi connectivity index (χ2v) is 11.3. The van der Waals surface area contributed by atoms with Gasteiger partial charge >= 0.3 is 0 Å². The third-order valence-corrected chi connectivity index (χ3v) is 8.17. The number of nitrogens with one attached hydrogen (secondary N) is 1. The molecule has 2 aliphatic heterocycles. The Morgan fingerprint density at radius 3 is 2.64 bits per heavy atom. The SMILES string of the molecule is C=CC(=O)N1CCN2c3c(c(=O)n(-c4c(C)ccnc4C(C)C)c4nc(-c5c(O)cccc5F)c(F)cc34)NC(=O)C[C@H]2C1. The lowest BCUT2D eigenvalue weighted by molar-refractivity contribution is -0.127. The zero-order valence-corrected chi connectivity index (χ0v) is 24.4. The lowest BCUT2D eigenvalue weighted by Crippen LogP contribution is -2.55. The minimum Gasteiger partial charge on any atom is -0.507 e. The number of halogens is 2. The smallest absolute Gasteiger partial charge is 0.282 e. The highest BCUT2D eigenvalue weighted by Crippen LogP contribution is 2.41. The first-order chi connectivity index (χ1) is 21.0. The van der Waals surface area contributed by atoms with E-state index in [1.807, 2.05) is 18.7 Å². The number of carbonyl (C=O) groups is 2. The van der Waals surface area contributed by atoms with E-state index in [0.717, 1.165) is 12.1 Å². The van der Waals surface area contributed by atoms with Gasteiger partial charge in [-0.25, -0.2) is 13.8 Å². The number of aryl methyl sites for hydroxylation is 1. The van der Waals surface area contributed by atoms with Gasteiger partial charge in [-0.3, -0.25) is 23.9 Å². The summed E-state index contributed by atoms with van der Waals surface area (Å²) >= 11 is 0. The Balaban J connectivity index is 1.74. The molecule has 3 aromatic heterocycles. The highest BCUT2D eigenvalue weighted by Gasteiger charge is 2.38. The number of carbonyl (C=O) groups excluding carboxylic acids is 2. The molecular formula is C32H30F2N6O4. The van der Waals surface area contributed by atoms with E-state index in [9.17, 15) is 19.5 Å². The number of fused-ring (bicyclic) bond motifs is 5. The predicted molar refractivity (Wildman–Crippen MR) is 162 cm³/mol. The summed E-state index contributed by atoms with van der Waals surface area (Å²) in [6.07, 6.45) is 2.80. The van der Waals surface area contributed by atoms with Gasteiger partial charge in [0, 0.05) is 37.6 Å². The molecule has 6 rings (SSSR count). The number of hydrogen-bond acceptors (Lipinski definition) is 7. The normalized spacial score (nSPS) is 16.4. The number of piperazine rings is 1. The maximum atomic E-state index is 16.1. The number of aromatic hydroxyl groups is 1. The maximum Gasteiger partial charge on any atom is 0.282 e. The van der Waals surface area contributed by atoms with Crippen molar-refractivity contribution in [1.82, 2.24) is 19.4 Å². The van der Waals surface area contributed by atoms with Crippen LogP contribution in [0.3, 0.4) is 0 Å². The molecule has 0 unspecified atom stereocenters. The van der Waals surface area contributed by atoms with E-state index < -0.39 is 46.1 Å². The van der Waals surface area contributed by atoms with E-state index in [1.54, 1.807) is 24.1 Å². The van der Waals surface area contributed by atoms with Crippen LogP contribution in [0, 0.1) is 18.6 Å². The van der Waals surface area contributed by atoms with Crippen molar-refractivity contribution in [2.75, 3.05) is 29.9 Å². The lowest BCUT2D eigenvalue weighted by atomic mass is 10.0. The molecule has 2 aliphatic rings. The molecule has 2 N–H and O–H groups in total. The van der Waals surface area contributed by atoms with Crippen molar-refractivity contribution in [3.8, 4) is 22.7 Å². The predicted octanol–water partition coefficient (Wildman–Crippen LogP) is 4.41. The second-order valence-electron chi connectivity index (χ2n) is 11.3. The summed E-state index contributed by atoms with van der Waals surface area (Å²) in [4.78, 5) is 52.7. The molecule has 1 fully saturated rings. The number of phenols is 1. The number of nitrogens with zero attached hydrogens (tertiary/aromatic N) is 5. The van der Waals surface area contributed by atoms with Gasteiger partial charge in [0.1, 0.15) is 22.9 Å². The first-order valence-corrected chi connectivity index (χ1v) is 14.2. The Bertz CT molecular complexity index is 1920. The molecule has 0 saturated carbocycles. The second kappa shape index (κ2) is 10.9. The minimum absolute atomic E-state index is 0.00898. The summed E-state index contributed by atoms with van der Waals surface area (Å²) in [5.41, 5.74) is 0.254. The molecule has 10 nitrogen and oxygen atoms in total. The van der Waals surface area contributed by atoms with Gasteiger partial charge in [-0.2, -0.15) is 0 Å². The van der Waals surface area contributed by atoms with Gasteiger partial charge in [0.15, 0.2) is 11.5 Å². The van der Waals surface area contributed by atoms with E-state index in [1.165, 1.54) is 22.8 Å². The van der Waals surface area contributed by atoms with Crippen molar-refractivity contribution in [2.24, 2.45) is 0 Å². The fourth-order valence-electron chi connectivity index (χ4n) is 6.15. The van der Waals surface area contributed by atoms with E-state index >= 15 is 8.78 Å². The minimum atomic E-state index is -0.940. The maximum absolute atomic E-state index is 16.1. The van der Waals surface area contributed by atoms with Gasteiger partial charge in [0.2, 0.25) is 11.8 Å². The van der Waals surface area contributed by atoms with Gasteiger partial charge in [-0.1, -0.05) is 26.5 Å². The first-order valence-electron chi connectivity index (χ1n) is 14.2. The van der Waals surface area contributed by atoms with E-state index in [4.69, 9.17) is 0 Å². The summed E-state index contributed by atoms with van der Waals surface area (Å²) in [5.74, 6) is -3.22. The summed E-state index contributed by atoms with van der Waals surface area (Å²) in [7, 11) is 0. The zero-order chi connectivity index (χ0) is 31.4. The van der Waals surface area contributed by atoms with E-state index in [2.05, 4.69) is 21.9 Å². The summed E-state index contributed by atoms with van der Waals surface area (Å²) in [6, 6.07) is 5.93. The molecule has 2 amide bonds. The number of benzene rings is 1. The van der Waals surface area contributed by atoms with Crippen LogP contribution in [0.25, 0.3) is 28.0 Å². The van der Waals surface area contributed by atoms with Crippen LogP contribution in [0.1, 0.15) is 37.4 Å². The van der Waals surface area contributed by atoms with E-state index in [-0.39, 0.29) is 60.3 Å². The molecule has 5 heterocycles. The van der Waals surface area contributed by atoms with Crippen molar-refractivity contribution in [2.45, 2.75) is 39.2 Å². The molecule has 1 aromatic carbocycles. The van der Waals surface area contributed by atoms with Crippen LogP contribution in [0.5, 0.6) is 5.75 Å². The molecule has 0 aliphatic carbocycles. The van der Waals surface area contributed by atoms with Crippen LogP contribution < -0.4 is 15.8 Å². The van der Waals surface area contributed by atoms with Crippen LogP contribution in [-0.4, -0.2) is 62.0 Å². The molecule has 0 spiro atoms. The highest BCUT2D eigenvalue weighted by atomic mass is 19.1. The van der Waals surface area contributed by atoms with Crippen molar-refractivity contribution < 1.29 is 23.5 Å². The van der Waals surface area contributed by atoms with Gasteiger partial charge in [-0.05, 0) is 48.7 Å². The largest absolute Gasteiger partial charge is 0.507 e. The number of hydrogen-bond donors (Lipinski definition) is 2. The Kier molecular flexibility index (Phi) is 7.14. The lowest BCUT2D eigenvalue weighted by Gasteiger charge is -2.42. The Morgan fingerprint density at radius 1 is 1.16 bits per heavy atom. The number of amides is 2. The highest BCUT2D eigenvalue weighted by molar-refractivity contribution is 6.06. The number of phenolic OH excluding ortho intramolecular Hbond substituents is 1. The Hall–Kier alpha value is -5.13. The van der Waals surface area contributed by atoms with Crippen LogP contribution in [0.15, 0.2) is 54.0 Å². The van der Waals surface area contributed by atoms with Gasteiger partial charge in [0.25, 0.3) is 5.56 Å². The molecule has 12 heteroatoms. The number of anilines is 2. The molecule has 1 atom stereocenters. The molecule has 1 saturated heterocycles. The Morgan fingerprint density at radius 2 is 1.93 bits per heavy atom. The van der Waals surface area contributed by atoms with Gasteiger partial charge in [-0.15, -0.1) is 0 Å². The van der Waals surface area contributed by atoms with Crippen LogP contribution in [-0.2, 0) is 9.59 Å². The monoisotopic (exact) mass is 600 g/mol. The molecule has 0 bridgehead atoms. The van der Waals surface area contributed by atoms with Crippen molar-refractivity contribution in [1.29, 1.82) is 0 Å².